The summed E-state index contributed by atoms with van der Waals surface area (Å²) in [6, 6.07) is 5.58. The Morgan fingerprint density at radius 1 is 1.14 bits per heavy atom. The predicted octanol–water partition coefficient (Wildman–Crippen LogP) is 2.49. The Balaban J connectivity index is 0.00000240. The second-order valence-corrected chi connectivity index (χ2v) is 8.50. The summed E-state index contributed by atoms with van der Waals surface area (Å²) in [7, 11) is 1.62. The molecule has 1 saturated carbocycles. The highest BCUT2D eigenvalue weighted by molar-refractivity contribution is 5.95. The van der Waals surface area contributed by atoms with Crippen LogP contribution >= 0.6 is 12.4 Å². The van der Waals surface area contributed by atoms with Crippen LogP contribution in [0.5, 0.6) is 5.75 Å². The van der Waals surface area contributed by atoms with Crippen molar-refractivity contribution in [3.63, 3.8) is 0 Å². The quantitative estimate of drug-likeness (QED) is 0.814. The first-order valence-corrected chi connectivity index (χ1v) is 10.5. The molecule has 160 valence electrons. The van der Waals surface area contributed by atoms with Crippen molar-refractivity contribution in [2.75, 3.05) is 46.4 Å². The van der Waals surface area contributed by atoms with Crippen molar-refractivity contribution >= 4 is 24.2 Å². The molecule has 1 aliphatic carbocycles. The maximum absolute atomic E-state index is 13.4. The summed E-state index contributed by atoms with van der Waals surface area (Å²) in [5.74, 6) is 1.54. The monoisotopic (exact) mass is 421 g/mol. The molecule has 3 aliphatic rings. The third-order valence-electron chi connectivity index (χ3n) is 6.97. The zero-order valence-corrected chi connectivity index (χ0v) is 18.2. The molecule has 1 aromatic rings. The molecule has 0 spiro atoms. The number of piperazine rings is 1. The minimum atomic E-state index is -0.200. The van der Waals surface area contributed by atoms with E-state index in [4.69, 9.17) is 4.74 Å². The lowest BCUT2D eigenvalue weighted by Crippen LogP contribution is -2.56. The molecule has 3 fully saturated rings. The number of ether oxygens (including phenoxy) is 1. The van der Waals surface area contributed by atoms with Crippen LogP contribution in [-0.2, 0) is 4.79 Å². The van der Waals surface area contributed by atoms with Gasteiger partial charge in [-0.05, 0) is 49.9 Å². The molecule has 1 N–H and O–H groups in total. The molecule has 2 aliphatic heterocycles. The number of methoxy groups -OCH3 is 1. The molecule has 6 nitrogen and oxygen atoms in total. The van der Waals surface area contributed by atoms with Crippen molar-refractivity contribution in [1.29, 1.82) is 0 Å². The van der Waals surface area contributed by atoms with Gasteiger partial charge in [0.05, 0.1) is 12.5 Å². The standard InChI is InChI=1S/C22H31N3O3.ClH/c1-16-6-7-17(13-19(16)28-2)20(26)24-9-11-25(12-10-24)21(27)22-8-4-3-5-18(22)14-23-15-22;/h6-7,13,18,23H,3-5,8-12,14-15H2,1-2H3;1H/t18-,22+;/m0./s1. The van der Waals surface area contributed by atoms with Crippen LogP contribution in [0.1, 0.15) is 41.6 Å². The van der Waals surface area contributed by atoms with Gasteiger partial charge < -0.3 is 19.9 Å². The molecular weight excluding hydrogens is 390 g/mol. The number of nitrogens with one attached hydrogen (secondary N) is 1. The number of hydrogen-bond donors (Lipinski definition) is 1. The van der Waals surface area contributed by atoms with Crippen LogP contribution in [0.25, 0.3) is 0 Å². The predicted molar refractivity (Wildman–Crippen MR) is 115 cm³/mol. The number of halogens is 1. The summed E-state index contributed by atoms with van der Waals surface area (Å²) in [6.07, 6.45) is 4.56. The number of hydrogen-bond acceptors (Lipinski definition) is 4. The zero-order valence-electron chi connectivity index (χ0n) is 17.4. The van der Waals surface area contributed by atoms with E-state index in [2.05, 4.69) is 5.32 Å². The Bertz CT molecular complexity index is 764. The molecule has 2 amide bonds. The molecule has 4 rings (SSSR count). The first-order valence-electron chi connectivity index (χ1n) is 10.5. The van der Waals surface area contributed by atoms with Crippen LogP contribution < -0.4 is 10.1 Å². The molecule has 2 atom stereocenters. The smallest absolute Gasteiger partial charge is 0.254 e. The maximum atomic E-state index is 13.4. The van der Waals surface area contributed by atoms with E-state index in [1.807, 2.05) is 34.9 Å². The summed E-state index contributed by atoms with van der Waals surface area (Å²) in [5, 5.41) is 3.47. The summed E-state index contributed by atoms with van der Waals surface area (Å²) < 4.78 is 5.35. The van der Waals surface area contributed by atoms with Gasteiger partial charge in [0.2, 0.25) is 5.91 Å². The van der Waals surface area contributed by atoms with E-state index < -0.39 is 0 Å². The highest BCUT2D eigenvalue weighted by Crippen LogP contribution is 2.45. The number of rotatable bonds is 3. The fraction of sp³-hybridized carbons (Fsp3) is 0.636. The van der Waals surface area contributed by atoms with Gasteiger partial charge in [-0.2, -0.15) is 0 Å². The van der Waals surface area contributed by atoms with E-state index in [9.17, 15) is 9.59 Å². The van der Waals surface area contributed by atoms with Crippen molar-refractivity contribution in [2.45, 2.75) is 32.6 Å². The zero-order chi connectivity index (χ0) is 19.7. The van der Waals surface area contributed by atoms with E-state index in [1.54, 1.807) is 7.11 Å². The van der Waals surface area contributed by atoms with Gasteiger partial charge in [0, 0.05) is 38.3 Å². The minimum absolute atomic E-state index is 0. The number of carbonyl (C=O) groups is 2. The van der Waals surface area contributed by atoms with E-state index in [1.165, 1.54) is 6.42 Å². The molecule has 7 heteroatoms. The van der Waals surface area contributed by atoms with Crippen molar-refractivity contribution in [1.82, 2.24) is 15.1 Å². The molecule has 2 saturated heterocycles. The minimum Gasteiger partial charge on any atom is -0.496 e. The van der Waals surface area contributed by atoms with Crippen molar-refractivity contribution in [3.8, 4) is 5.75 Å². The van der Waals surface area contributed by atoms with Gasteiger partial charge >= 0.3 is 0 Å². The van der Waals surface area contributed by atoms with Crippen LogP contribution in [0.3, 0.4) is 0 Å². The third kappa shape index (κ3) is 3.97. The lowest BCUT2D eigenvalue weighted by molar-refractivity contribution is -0.146. The highest BCUT2D eigenvalue weighted by Gasteiger charge is 2.51. The van der Waals surface area contributed by atoms with Crippen LogP contribution in [0.2, 0.25) is 0 Å². The topological polar surface area (TPSA) is 61.9 Å². The molecule has 29 heavy (non-hydrogen) atoms. The maximum Gasteiger partial charge on any atom is 0.254 e. The SMILES string of the molecule is COc1cc(C(=O)N2CCN(C(=O)[C@@]34CCCC[C@H]3CNC4)CC2)ccc1C.Cl. The lowest BCUT2D eigenvalue weighted by Gasteiger charge is -2.43. The van der Waals surface area contributed by atoms with Gasteiger partial charge in [-0.3, -0.25) is 9.59 Å². The first-order chi connectivity index (χ1) is 13.5. The number of benzene rings is 1. The highest BCUT2D eigenvalue weighted by atomic mass is 35.5. The third-order valence-corrected chi connectivity index (χ3v) is 6.97. The normalized spacial score (nSPS) is 26.5. The summed E-state index contributed by atoms with van der Waals surface area (Å²) >= 11 is 0. The molecule has 0 bridgehead atoms. The summed E-state index contributed by atoms with van der Waals surface area (Å²) in [4.78, 5) is 30.1. The van der Waals surface area contributed by atoms with Crippen LogP contribution in [0.15, 0.2) is 18.2 Å². The van der Waals surface area contributed by atoms with Crippen LogP contribution in [-0.4, -0.2) is 68.0 Å². The molecule has 1 aromatic carbocycles. The van der Waals surface area contributed by atoms with Crippen molar-refractivity contribution < 1.29 is 14.3 Å². The van der Waals surface area contributed by atoms with E-state index in [0.29, 0.717) is 43.6 Å². The first kappa shape index (κ1) is 21.9. The number of carbonyl (C=O) groups excluding carboxylic acids is 2. The van der Waals surface area contributed by atoms with Gasteiger partial charge in [-0.15, -0.1) is 12.4 Å². The van der Waals surface area contributed by atoms with E-state index in [0.717, 1.165) is 43.7 Å². The lowest BCUT2D eigenvalue weighted by atomic mass is 9.67. The Kier molecular flexibility index (Phi) is 6.74. The Morgan fingerprint density at radius 3 is 2.59 bits per heavy atom. The average molecular weight is 422 g/mol. The summed E-state index contributed by atoms with van der Waals surface area (Å²) in [5.41, 5.74) is 1.46. The van der Waals surface area contributed by atoms with Gasteiger partial charge in [-0.1, -0.05) is 18.9 Å². The van der Waals surface area contributed by atoms with Crippen LogP contribution in [0, 0.1) is 18.3 Å². The van der Waals surface area contributed by atoms with Gasteiger partial charge in [0.25, 0.3) is 5.91 Å². The Hall–Kier alpha value is -1.79. The average Bonchev–Trinajstić information content (AvgIpc) is 3.18. The van der Waals surface area contributed by atoms with Crippen LogP contribution in [0.4, 0.5) is 0 Å². The number of nitrogens with zero attached hydrogens (tertiary/aromatic N) is 2. The van der Waals surface area contributed by atoms with Gasteiger partial charge in [-0.25, -0.2) is 0 Å². The number of aryl methyl sites for hydroxylation is 1. The number of fused-ring (bicyclic) bond motifs is 1. The molecule has 0 radical (unpaired) electrons. The van der Waals surface area contributed by atoms with Gasteiger partial charge in [0.1, 0.15) is 5.75 Å². The summed E-state index contributed by atoms with van der Waals surface area (Å²) in [6.45, 7) is 6.19. The second kappa shape index (κ2) is 8.92. The van der Waals surface area contributed by atoms with E-state index in [-0.39, 0.29) is 23.7 Å². The fourth-order valence-electron chi connectivity index (χ4n) is 5.23. The van der Waals surface area contributed by atoms with Crippen molar-refractivity contribution in [3.05, 3.63) is 29.3 Å². The largest absolute Gasteiger partial charge is 0.496 e. The van der Waals surface area contributed by atoms with Gasteiger partial charge in [0.15, 0.2) is 0 Å². The molecule has 2 heterocycles. The second-order valence-electron chi connectivity index (χ2n) is 8.50. The fourth-order valence-corrected chi connectivity index (χ4v) is 5.23. The Labute approximate surface area is 179 Å². The van der Waals surface area contributed by atoms with E-state index >= 15 is 0 Å². The molecule has 0 unspecified atom stereocenters. The number of amides is 2. The Morgan fingerprint density at radius 2 is 1.86 bits per heavy atom. The molecular formula is C22H32ClN3O3. The van der Waals surface area contributed by atoms with Crippen molar-refractivity contribution in [2.24, 2.45) is 11.3 Å². The molecule has 0 aromatic heterocycles.